The fourth-order valence-corrected chi connectivity index (χ4v) is 19.7. The standard InChI is InChI=1S/C6H6S2.CH3.Bi/c7-5-3-1-2-4-6(5)8;;/h1-4,7-8H;1H3;/q;;+2/p-2. The molecule has 1 aromatic carbocycles. The van der Waals surface area contributed by atoms with Crippen LogP contribution in [-0.4, -0.2) is 18.8 Å². The molecule has 0 unspecified atom stereocenters. The molecular formula is C7H7BiS2. The minimum absolute atomic E-state index is 1.07. The monoisotopic (exact) mass is 364 g/mol. The van der Waals surface area contributed by atoms with Crippen molar-refractivity contribution in [2.75, 3.05) is 0 Å². The van der Waals surface area contributed by atoms with Crippen LogP contribution in [0, 0.1) is 0 Å². The van der Waals surface area contributed by atoms with Crippen LogP contribution in [0.3, 0.4) is 0 Å². The van der Waals surface area contributed by atoms with Crippen LogP contribution in [-0.2, 0) is 0 Å². The second-order valence-corrected chi connectivity index (χ2v) is 22.6. The maximum absolute atomic E-state index is 2.45. The molecular weight excluding hydrogens is 357 g/mol. The summed E-state index contributed by atoms with van der Waals surface area (Å²) in [5, 5.41) is 0. The number of rotatable bonds is 0. The third kappa shape index (κ3) is 1.37. The molecule has 0 spiro atoms. The summed E-state index contributed by atoms with van der Waals surface area (Å²) in [4.78, 5) is 3.07. The van der Waals surface area contributed by atoms with E-state index in [2.05, 4.69) is 45.9 Å². The van der Waals surface area contributed by atoms with Crippen molar-refractivity contribution in [1.82, 2.24) is 0 Å². The molecule has 1 heterocycles. The summed E-state index contributed by atoms with van der Waals surface area (Å²) < 4.78 is 2.45. The molecule has 0 aliphatic carbocycles. The van der Waals surface area contributed by atoms with Gasteiger partial charge in [-0.2, -0.15) is 0 Å². The Kier molecular flexibility index (Phi) is 2.27. The molecule has 1 aromatic rings. The van der Waals surface area contributed by atoms with Gasteiger partial charge in [-0.05, 0) is 0 Å². The Balaban J connectivity index is 2.42. The number of hydrogen-bond acceptors (Lipinski definition) is 2. The van der Waals surface area contributed by atoms with Crippen molar-refractivity contribution in [3.63, 3.8) is 0 Å². The van der Waals surface area contributed by atoms with Gasteiger partial charge in [-0.25, -0.2) is 0 Å². The van der Waals surface area contributed by atoms with Crippen LogP contribution in [0.15, 0.2) is 34.1 Å². The van der Waals surface area contributed by atoms with Crippen LogP contribution in [0.25, 0.3) is 0 Å². The summed E-state index contributed by atoms with van der Waals surface area (Å²) in [6.07, 6.45) is 0. The van der Waals surface area contributed by atoms with E-state index >= 15 is 0 Å². The van der Waals surface area contributed by atoms with Gasteiger partial charge in [0.1, 0.15) is 0 Å². The average Bonchev–Trinajstić information content (AvgIpc) is 2.27. The topological polar surface area (TPSA) is 0 Å². The molecule has 10 heavy (non-hydrogen) atoms. The van der Waals surface area contributed by atoms with Crippen LogP contribution in [0.5, 0.6) is 0 Å². The summed E-state index contributed by atoms with van der Waals surface area (Å²) in [5.41, 5.74) is 0. The van der Waals surface area contributed by atoms with Gasteiger partial charge >= 0.3 is 74.5 Å². The molecule has 0 radical (unpaired) electrons. The van der Waals surface area contributed by atoms with Crippen LogP contribution in [0.4, 0.5) is 0 Å². The summed E-state index contributed by atoms with van der Waals surface area (Å²) in [6.45, 7) is 0. The molecule has 0 nitrogen and oxygen atoms in total. The number of benzene rings is 1. The molecule has 0 amide bonds. The van der Waals surface area contributed by atoms with Gasteiger partial charge in [0, 0.05) is 0 Å². The van der Waals surface area contributed by atoms with Crippen LogP contribution in [0.1, 0.15) is 0 Å². The third-order valence-electron chi connectivity index (χ3n) is 1.30. The number of hydrogen-bond donors (Lipinski definition) is 0. The van der Waals surface area contributed by atoms with Crippen LogP contribution >= 0.6 is 17.0 Å². The second kappa shape index (κ2) is 3.04. The van der Waals surface area contributed by atoms with E-state index in [0.717, 1.165) is 0 Å². The zero-order chi connectivity index (χ0) is 6.97. The van der Waals surface area contributed by atoms with Crippen molar-refractivity contribution in [3.8, 4) is 0 Å². The molecule has 0 saturated carbocycles. The van der Waals surface area contributed by atoms with Gasteiger partial charge in [0.05, 0.1) is 0 Å². The molecule has 0 saturated heterocycles. The molecule has 1 aliphatic heterocycles. The average molecular weight is 364 g/mol. The predicted octanol–water partition coefficient (Wildman–Crippen LogP) is 3.00. The first-order chi connectivity index (χ1) is 4.86. The van der Waals surface area contributed by atoms with E-state index < -0.39 is 18.8 Å². The Bertz CT molecular complexity index is 224. The van der Waals surface area contributed by atoms with Gasteiger partial charge in [-0.3, -0.25) is 0 Å². The number of fused-ring (bicyclic) bond motifs is 1. The summed E-state index contributed by atoms with van der Waals surface area (Å²) >= 11 is -1.07. The molecule has 52 valence electrons. The molecule has 0 atom stereocenters. The van der Waals surface area contributed by atoms with Gasteiger partial charge in [-0.15, -0.1) is 0 Å². The van der Waals surface area contributed by atoms with Gasteiger partial charge < -0.3 is 0 Å². The van der Waals surface area contributed by atoms with Gasteiger partial charge in [0.2, 0.25) is 0 Å². The Morgan fingerprint density at radius 2 is 1.60 bits per heavy atom. The van der Waals surface area contributed by atoms with Gasteiger partial charge in [-0.1, -0.05) is 0 Å². The SMILES string of the molecule is [CH3][Bi]1[S]c2ccccc2[S]1. The Morgan fingerprint density at radius 3 is 2.10 bits per heavy atom. The summed E-state index contributed by atoms with van der Waals surface area (Å²) in [7, 11) is 4.32. The van der Waals surface area contributed by atoms with Crippen LogP contribution < -0.4 is 0 Å². The summed E-state index contributed by atoms with van der Waals surface area (Å²) in [6, 6.07) is 8.75. The van der Waals surface area contributed by atoms with Gasteiger partial charge in [0.15, 0.2) is 0 Å². The van der Waals surface area contributed by atoms with E-state index in [1.807, 2.05) is 0 Å². The van der Waals surface area contributed by atoms with Crippen LogP contribution in [0.2, 0.25) is 4.63 Å². The Labute approximate surface area is 74.0 Å². The first kappa shape index (κ1) is 7.45. The second-order valence-electron chi connectivity index (χ2n) is 2.07. The van der Waals surface area contributed by atoms with E-state index in [1.165, 1.54) is 9.79 Å². The predicted molar refractivity (Wildman–Crippen MR) is 49.8 cm³/mol. The van der Waals surface area contributed by atoms with E-state index in [4.69, 9.17) is 0 Å². The summed E-state index contributed by atoms with van der Waals surface area (Å²) in [5.74, 6) is 0. The van der Waals surface area contributed by atoms with E-state index in [1.54, 1.807) is 0 Å². The fraction of sp³-hybridized carbons (Fsp3) is 0.143. The quantitative estimate of drug-likeness (QED) is 0.650. The van der Waals surface area contributed by atoms with Crippen molar-refractivity contribution in [2.45, 2.75) is 14.4 Å². The van der Waals surface area contributed by atoms with Crippen molar-refractivity contribution < 1.29 is 0 Å². The van der Waals surface area contributed by atoms with Crippen molar-refractivity contribution in [3.05, 3.63) is 24.3 Å². The molecule has 0 fully saturated rings. The van der Waals surface area contributed by atoms with Crippen molar-refractivity contribution in [1.29, 1.82) is 0 Å². The first-order valence-electron chi connectivity index (χ1n) is 3.05. The first-order valence-corrected chi connectivity index (χ1v) is 16.6. The zero-order valence-corrected chi connectivity index (χ0v) is 10.7. The molecule has 1 aliphatic rings. The molecule has 2 rings (SSSR count). The molecule has 0 N–H and O–H groups in total. The van der Waals surface area contributed by atoms with Gasteiger partial charge in [0.25, 0.3) is 0 Å². The van der Waals surface area contributed by atoms with E-state index in [-0.39, 0.29) is 0 Å². The normalized spacial score (nSPS) is 17.3. The Morgan fingerprint density at radius 1 is 1.10 bits per heavy atom. The van der Waals surface area contributed by atoms with Crippen molar-refractivity contribution >= 4 is 35.9 Å². The third-order valence-corrected chi connectivity index (χ3v) is 17.6. The zero-order valence-electron chi connectivity index (χ0n) is 5.57. The molecule has 0 aromatic heterocycles. The van der Waals surface area contributed by atoms with E-state index in [9.17, 15) is 0 Å². The minimum atomic E-state index is -1.07. The molecule has 0 bridgehead atoms. The van der Waals surface area contributed by atoms with E-state index in [0.29, 0.717) is 0 Å². The molecule has 3 heteroatoms. The maximum atomic E-state index is 2.45. The Hall–Kier alpha value is 0.803. The van der Waals surface area contributed by atoms with Crippen molar-refractivity contribution in [2.24, 2.45) is 0 Å². The fourth-order valence-electron chi connectivity index (χ4n) is 0.897.